The summed E-state index contributed by atoms with van der Waals surface area (Å²) in [4.78, 5) is 30.6. The number of carbonyl (C=O) groups excluding carboxylic acids is 1. The zero-order valence-corrected chi connectivity index (χ0v) is 18.8. The minimum absolute atomic E-state index is 0.284. The molecule has 1 heterocycles. The van der Waals surface area contributed by atoms with Crippen LogP contribution < -0.4 is 10.4 Å². The number of hydrogen-bond donors (Lipinski definition) is 1. The molecule has 3 aromatic carbocycles. The third-order valence-corrected chi connectivity index (χ3v) is 5.27. The molecule has 6 heteroatoms. The van der Waals surface area contributed by atoms with Crippen LogP contribution in [0.25, 0.3) is 22.4 Å². The van der Waals surface area contributed by atoms with Gasteiger partial charge in [-0.15, -0.1) is 0 Å². The van der Waals surface area contributed by atoms with Crippen molar-refractivity contribution in [3.8, 4) is 5.75 Å². The van der Waals surface area contributed by atoms with Gasteiger partial charge in [-0.25, -0.2) is 14.6 Å². The molecule has 1 aromatic heterocycles. The lowest BCUT2D eigenvalue weighted by atomic mass is 10.0. The van der Waals surface area contributed by atoms with Gasteiger partial charge < -0.3 is 14.3 Å². The van der Waals surface area contributed by atoms with Crippen molar-refractivity contribution in [2.24, 2.45) is 0 Å². The monoisotopic (exact) mass is 441 g/mol. The highest BCUT2D eigenvalue weighted by Gasteiger charge is 2.27. The topological polar surface area (TPSA) is 89.6 Å². The fraction of sp³-hybridized carbons (Fsp3) is 0.148. The summed E-state index contributed by atoms with van der Waals surface area (Å²) >= 11 is 0. The van der Waals surface area contributed by atoms with Crippen LogP contribution in [0.5, 0.6) is 5.75 Å². The van der Waals surface area contributed by atoms with Gasteiger partial charge in [0.05, 0.1) is 0 Å². The number of fused-ring (bicyclic) bond motifs is 1. The number of aliphatic hydroxyl groups excluding tert-OH is 1. The van der Waals surface area contributed by atoms with Crippen LogP contribution in [0.15, 0.2) is 69.9 Å². The summed E-state index contributed by atoms with van der Waals surface area (Å²) in [7, 11) is 0. The maximum atomic E-state index is 13.4. The van der Waals surface area contributed by atoms with Crippen LogP contribution in [-0.4, -0.2) is 16.1 Å². The molecule has 0 aliphatic rings. The SMILES string of the molecule is Cc1cc(C)c(OC(=O)C(=C(O)c2ccccc2)c2nc3cc(C)ccc3oc2=O)c(C)c1. The quantitative estimate of drug-likeness (QED) is 0.196. The van der Waals surface area contributed by atoms with Crippen molar-refractivity contribution in [3.63, 3.8) is 0 Å². The fourth-order valence-corrected chi connectivity index (χ4v) is 3.79. The third-order valence-electron chi connectivity index (χ3n) is 5.27. The number of aromatic nitrogens is 1. The van der Waals surface area contributed by atoms with Crippen molar-refractivity contribution in [1.82, 2.24) is 4.98 Å². The van der Waals surface area contributed by atoms with Crippen molar-refractivity contribution in [2.45, 2.75) is 27.7 Å². The van der Waals surface area contributed by atoms with Crippen molar-refractivity contribution in [1.29, 1.82) is 0 Å². The number of rotatable bonds is 4. The molecule has 0 unspecified atom stereocenters. The first kappa shape index (κ1) is 22.0. The number of benzene rings is 3. The summed E-state index contributed by atoms with van der Waals surface area (Å²) in [5.41, 5.74) is 2.93. The fourth-order valence-electron chi connectivity index (χ4n) is 3.79. The highest BCUT2D eigenvalue weighted by molar-refractivity contribution is 6.23. The second kappa shape index (κ2) is 8.74. The number of nitrogens with zero attached hydrogens (tertiary/aromatic N) is 1. The van der Waals surface area contributed by atoms with E-state index in [0.717, 1.165) is 22.3 Å². The molecule has 0 spiro atoms. The Hall–Kier alpha value is -4.19. The first-order chi connectivity index (χ1) is 15.7. The van der Waals surface area contributed by atoms with E-state index in [1.165, 1.54) is 0 Å². The third kappa shape index (κ3) is 4.41. The molecule has 6 nitrogen and oxygen atoms in total. The van der Waals surface area contributed by atoms with E-state index in [4.69, 9.17) is 9.15 Å². The Morgan fingerprint density at radius 1 is 0.909 bits per heavy atom. The summed E-state index contributed by atoms with van der Waals surface area (Å²) in [6.45, 7) is 7.48. The normalized spacial score (nSPS) is 11.9. The van der Waals surface area contributed by atoms with E-state index in [2.05, 4.69) is 4.98 Å². The van der Waals surface area contributed by atoms with Crippen LogP contribution in [0.3, 0.4) is 0 Å². The molecule has 0 saturated heterocycles. The Bertz CT molecular complexity index is 1440. The van der Waals surface area contributed by atoms with Crippen molar-refractivity contribution in [2.75, 3.05) is 0 Å². The van der Waals surface area contributed by atoms with E-state index < -0.39 is 17.4 Å². The van der Waals surface area contributed by atoms with E-state index in [1.807, 2.05) is 39.8 Å². The Kier molecular flexibility index (Phi) is 5.84. The van der Waals surface area contributed by atoms with Gasteiger partial charge in [0.1, 0.15) is 22.6 Å². The predicted octanol–water partition coefficient (Wildman–Crippen LogP) is 5.45. The number of esters is 1. The first-order valence-corrected chi connectivity index (χ1v) is 10.4. The number of aliphatic hydroxyl groups is 1. The Morgan fingerprint density at radius 3 is 2.24 bits per heavy atom. The molecule has 0 amide bonds. The van der Waals surface area contributed by atoms with Gasteiger partial charge in [-0.1, -0.05) is 54.1 Å². The van der Waals surface area contributed by atoms with Crippen LogP contribution in [0.1, 0.15) is 33.5 Å². The molecule has 0 saturated carbocycles. The van der Waals surface area contributed by atoms with Gasteiger partial charge in [-0.3, -0.25) is 0 Å². The van der Waals surface area contributed by atoms with Gasteiger partial charge in [-0.2, -0.15) is 0 Å². The molecular formula is C27H23NO5. The van der Waals surface area contributed by atoms with Crippen LogP contribution >= 0.6 is 0 Å². The molecule has 0 fully saturated rings. The summed E-state index contributed by atoms with van der Waals surface area (Å²) in [5, 5.41) is 11.1. The Balaban J connectivity index is 1.92. The molecule has 0 radical (unpaired) electrons. The molecule has 33 heavy (non-hydrogen) atoms. The van der Waals surface area contributed by atoms with Gasteiger partial charge in [0.2, 0.25) is 0 Å². The molecule has 4 aromatic rings. The highest BCUT2D eigenvalue weighted by atomic mass is 16.5. The van der Waals surface area contributed by atoms with E-state index in [9.17, 15) is 14.7 Å². The van der Waals surface area contributed by atoms with E-state index in [0.29, 0.717) is 16.8 Å². The van der Waals surface area contributed by atoms with Crippen molar-refractivity contribution >= 4 is 28.4 Å². The lowest BCUT2D eigenvalue weighted by Crippen LogP contribution is -2.20. The Labute approximate surface area is 190 Å². The second-order valence-corrected chi connectivity index (χ2v) is 8.03. The number of carbonyl (C=O) groups is 1. The van der Waals surface area contributed by atoms with E-state index in [1.54, 1.807) is 48.5 Å². The van der Waals surface area contributed by atoms with Crippen LogP contribution in [0.4, 0.5) is 0 Å². The van der Waals surface area contributed by atoms with Crippen LogP contribution in [0.2, 0.25) is 0 Å². The van der Waals surface area contributed by atoms with Crippen molar-refractivity contribution in [3.05, 3.63) is 105 Å². The smallest absolute Gasteiger partial charge is 0.363 e. The van der Waals surface area contributed by atoms with Gasteiger partial charge in [-0.05, 0) is 56.5 Å². The molecular weight excluding hydrogens is 418 g/mol. The Morgan fingerprint density at radius 2 is 1.58 bits per heavy atom. The highest BCUT2D eigenvalue weighted by Crippen LogP contribution is 2.29. The predicted molar refractivity (Wildman–Crippen MR) is 127 cm³/mol. The lowest BCUT2D eigenvalue weighted by Gasteiger charge is -2.14. The largest absolute Gasteiger partial charge is 0.506 e. The first-order valence-electron chi connectivity index (χ1n) is 10.4. The zero-order valence-electron chi connectivity index (χ0n) is 18.8. The molecule has 1 N–H and O–H groups in total. The van der Waals surface area contributed by atoms with Gasteiger partial charge in [0.25, 0.3) is 0 Å². The standard InChI is InChI=1S/C27H23NO5/c1-15-10-11-21-20(14-15)28-23(27(31)32-21)22(24(29)19-8-6-5-7-9-19)26(30)33-25-17(3)12-16(2)13-18(25)4/h5-14,29H,1-4H3. The molecule has 0 aliphatic carbocycles. The molecule has 0 atom stereocenters. The maximum absolute atomic E-state index is 13.4. The summed E-state index contributed by atoms with van der Waals surface area (Å²) in [6, 6.07) is 17.4. The maximum Gasteiger partial charge on any atom is 0.363 e. The van der Waals surface area contributed by atoms with E-state index >= 15 is 0 Å². The molecule has 0 bridgehead atoms. The van der Waals surface area contributed by atoms with Crippen molar-refractivity contribution < 1.29 is 19.1 Å². The van der Waals surface area contributed by atoms with E-state index in [-0.39, 0.29) is 16.9 Å². The lowest BCUT2D eigenvalue weighted by molar-refractivity contribution is -0.128. The summed E-state index contributed by atoms with van der Waals surface area (Å²) in [5.74, 6) is -0.960. The summed E-state index contributed by atoms with van der Waals surface area (Å²) < 4.78 is 11.1. The zero-order chi connectivity index (χ0) is 23.7. The summed E-state index contributed by atoms with van der Waals surface area (Å²) in [6.07, 6.45) is 0. The van der Waals surface area contributed by atoms with Gasteiger partial charge >= 0.3 is 11.6 Å². The average molecular weight is 441 g/mol. The van der Waals surface area contributed by atoms with Gasteiger partial charge in [0.15, 0.2) is 11.3 Å². The minimum atomic E-state index is -0.904. The second-order valence-electron chi connectivity index (χ2n) is 8.03. The molecule has 4 rings (SSSR count). The number of hydrogen-bond acceptors (Lipinski definition) is 6. The van der Waals surface area contributed by atoms with Crippen LogP contribution in [0, 0.1) is 27.7 Å². The minimum Gasteiger partial charge on any atom is -0.506 e. The van der Waals surface area contributed by atoms with Gasteiger partial charge in [0, 0.05) is 5.56 Å². The molecule has 0 aliphatic heterocycles. The number of aryl methyl sites for hydroxylation is 4. The molecule has 166 valence electrons. The average Bonchev–Trinajstić information content (AvgIpc) is 2.77. The number of ether oxygens (including phenoxy) is 1. The van der Waals surface area contributed by atoms with Crippen LogP contribution in [-0.2, 0) is 4.79 Å².